The van der Waals surface area contributed by atoms with Crippen molar-refractivity contribution in [1.82, 2.24) is 19.8 Å². The number of piperidine rings is 1. The Kier molecular flexibility index (Phi) is 4.41. The van der Waals surface area contributed by atoms with E-state index in [4.69, 9.17) is 0 Å². The summed E-state index contributed by atoms with van der Waals surface area (Å²) in [4.78, 5) is 37.7. The number of carbonyl (C=O) groups excluding carboxylic acids is 2. The third kappa shape index (κ3) is 3.07. The van der Waals surface area contributed by atoms with Crippen molar-refractivity contribution in [2.45, 2.75) is 25.8 Å². The summed E-state index contributed by atoms with van der Waals surface area (Å²) in [5.74, 6) is 0.174. The van der Waals surface area contributed by atoms with Crippen molar-refractivity contribution in [1.29, 1.82) is 0 Å². The Balaban J connectivity index is 1.48. The first-order valence-electron chi connectivity index (χ1n) is 9.06. The second-order valence-corrected chi connectivity index (χ2v) is 7.18. The number of carbonyl (C=O) groups is 2. The predicted octanol–water partition coefficient (Wildman–Crippen LogP) is 2.13. The van der Waals surface area contributed by atoms with E-state index >= 15 is 0 Å². The lowest BCUT2D eigenvalue weighted by Crippen LogP contribution is -2.49. The molecule has 4 heterocycles. The largest absolute Gasteiger partial charge is 0.338 e. The van der Waals surface area contributed by atoms with Crippen molar-refractivity contribution in [2.24, 2.45) is 5.41 Å². The van der Waals surface area contributed by atoms with Crippen LogP contribution in [0.4, 0.5) is 0 Å². The normalized spacial score (nSPS) is 22.8. The monoisotopic (exact) mass is 350 g/mol. The summed E-state index contributed by atoms with van der Waals surface area (Å²) >= 11 is 0. The number of nitrogens with zero attached hydrogens (tertiary/aromatic N) is 4. The van der Waals surface area contributed by atoms with Gasteiger partial charge in [0, 0.05) is 56.5 Å². The molecule has 0 saturated carbocycles. The smallest absolute Gasteiger partial charge is 0.253 e. The van der Waals surface area contributed by atoms with Crippen molar-refractivity contribution >= 4 is 11.8 Å². The van der Waals surface area contributed by atoms with Gasteiger partial charge in [-0.05, 0) is 49.1 Å². The highest BCUT2D eigenvalue weighted by molar-refractivity contribution is 5.95. The van der Waals surface area contributed by atoms with Gasteiger partial charge in [-0.3, -0.25) is 19.6 Å². The number of likely N-dealkylation sites (tertiary alicyclic amines) is 2. The zero-order chi connectivity index (χ0) is 18.0. The quantitative estimate of drug-likeness (QED) is 0.851. The van der Waals surface area contributed by atoms with Crippen molar-refractivity contribution in [3.63, 3.8) is 0 Å². The molecule has 1 unspecified atom stereocenters. The Morgan fingerprint density at radius 1 is 1.00 bits per heavy atom. The lowest BCUT2D eigenvalue weighted by atomic mass is 9.78. The Bertz CT molecular complexity index is 796. The van der Waals surface area contributed by atoms with Gasteiger partial charge in [-0.15, -0.1) is 0 Å². The van der Waals surface area contributed by atoms with Crippen molar-refractivity contribution in [3.05, 3.63) is 60.2 Å². The van der Waals surface area contributed by atoms with Gasteiger partial charge < -0.3 is 9.80 Å². The van der Waals surface area contributed by atoms with Gasteiger partial charge in [0.05, 0.1) is 5.41 Å². The lowest BCUT2D eigenvalue weighted by Gasteiger charge is -2.39. The second-order valence-electron chi connectivity index (χ2n) is 7.18. The third-order valence-corrected chi connectivity index (χ3v) is 5.52. The maximum Gasteiger partial charge on any atom is 0.253 e. The molecule has 0 aromatic carbocycles. The molecule has 2 amide bonds. The number of rotatable bonds is 3. The van der Waals surface area contributed by atoms with Gasteiger partial charge in [0.2, 0.25) is 5.91 Å². The molecule has 4 rings (SSSR count). The van der Waals surface area contributed by atoms with Crippen molar-refractivity contribution < 1.29 is 9.59 Å². The predicted molar refractivity (Wildman–Crippen MR) is 96.1 cm³/mol. The van der Waals surface area contributed by atoms with Gasteiger partial charge in [-0.2, -0.15) is 0 Å². The van der Waals surface area contributed by atoms with Crippen LogP contribution >= 0.6 is 0 Å². The Morgan fingerprint density at radius 2 is 1.69 bits per heavy atom. The summed E-state index contributed by atoms with van der Waals surface area (Å²) in [7, 11) is 0. The molecular weight excluding hydrogens is 328 g/mol. The zero-order valence-electron chi connectivity index (χ0n) is 14.7. The maximum absolute atomic E-state index is 13.2. The van der Waals surface area contributed by atoms with E-state index in [9.17, 15) is 9.59 Å². The topological polar surface area (TPSA) is 66.4 Å². The molecule has 0 radical (unpaired) electrons. The summed E-state index contributed by atoms with van der Waals surface area (Å²) in [6.07, 6.45) is 9.30. The van der Waals surface area contributed by atoms with Gasteiger partial charge in [0.1, 0.15) is 0 Å². The Morgan fingerprint density at radius 3 is 2.42 bits per heavy atom. The molecule has 26 heavy (non-hydrogen) atoms. The fraction of sp³-hybridized carbons (Fsp3) is 0.400. The van der Waals surface area contributed by atoms with E-state index in [1.807, 2.05) is 21.9 Å². The number of hydrogen-bond donors (Lipinski definition) is 0. The Labute approximate surface area is 152 Å². The fourth-order valence-electron chi connectivity index (χ4n) is 4.11. The van der Waals surface area contributed by atoms with E-state index in [1.165, 1.54) is 0 Å². The van der Waals surface area contributed by atoms with Gasteiger partial charge in [-0.1, -0.05) is 0 Å². The van der Waals surface area contributed by atoms with Crippen LogP contribution in [-0.4, -0.2) is 51.2 Å². The first kappa shape index (κ1) is 16.7. The van der Waals surface area contributed by atoms with Crippen LogP contribution in [0.2, 0.25) is 0 Å². The molecule has 0 aliphatic carbocycles. The molecule has 2 fully saturated rings. The van der Waals surface area contributed by atoms with Gasteiger partial charge >= 0.3 is 0 Å². The molecule has 2 aliphatic heterocycles. The van der Waals surface area contributed by atoms with Crippen LogP contribution in [0.25, 0.3) is 0 Å². The molecule has 2 aromatic heterocycles. The van der Waals surface area contributed by atoms with E-state index in [0.717, 1.165) is 31.4 Å². The van der Waals surface area contributed by atoms with Crippen molar-refractivity contribution in [3.8, 4) is 0 Å². The molecule has 2 saturated heterocycles. The van der Waals surface area contributed by atoms with E-state index in [0.29, 0.717) is 25.2 Å². The molecule has 6 heteroatoms. The van der Waals surface area contributed by atoms with Crippen molar-refractivity contribution in [2.75, 3.05) is 19.6 Å². The standard InChI is InChI=1S/C20H22N4O2/c25-18(17-4-10-22-11-5-17)24-12-1-6-20(15-24)7-13-23(19(20)26)14-16-2-8-21-9-3-16/h2-5,8-11H,1,6-7,12-15H2. The third-order valence-electron chi connectivity index (χ3n) is 5.52. The summed E-state index contributed by atoms with van der Waals surface area (Å²) in [5, 5.41) is 0. The zero-order valence-corrected chi connectivity index (χ0v) is 14.7. The number of hydrogen-bond acceptors (Lipinski definition) is 4. The molecule has 6 nitrogen and oxygen atoms in total. The molecule has 2 aliphatic rings. The highest BCUT2D eigenvalue weighted by Crippen LogP contribution is 2.41. The summed E-state index contributed by atoms with van der Waals surface area (Å²) < 4.78 is 0. The molecule has 0 bridgehead atoms. The molecule has 134 valence electrons. The van der Waals surface area contributed by atoms with Crippen LogP contribution < -0.4 is 0 Å². The van der Waals surface area contributed by atoms with E-state index < -0.39 is 5.41 Å². The molecule has 0 N–H and O–H groups in total. The van der Waals surface area contributed by atoms with Crippen LogP contribution in [0.5, 0.6) is 0 Å². The van der Waals surface area contributed by atoms with Crippen LogP contribution in [-0.2, 0) is 11.3 Å². The molecule has 1 atom stereocenters. The van der Waals surface area contributed by atoms with Crippen LogP contribution in [0.1, 0.15) is 35.2 Å². The number of amides is 2. The first-order valence-corrected chi connectivity index (χ1v) is 9.06. The minimum atomic E-state index is -0.423. The lowest BCUT2D eigenvalue weighted by molar-refractivity contribution is -0.138. The SMILES string of the molecule is O=C(c1ccncc1)N1CCCC2(CCN(Cc3ccncc3)C2=O)C1. The average Bonchev–Trinajstić information content (AvgIpc) is 2.98. The van der Waals surface area contributed by atoms with Gasteiger partial charge in [0.25, 0.3) is 5.91 Å². The highest BCUT2D eigenvalue weighted by atomic mass is 16.2. The summed E-state index contributed by atoms with van der Waals surface area (Å²) in [6.45, 7) is 2.58. The minimum absolute atomic E-state index is 0.00754. The first-order chi connectivity index (χ1) is 12.7. The van der Waals surface area contributed by atoms with E-state index in [-0.39, 0.29) is 11.8 Å². The molecule has 1 spiro atoms. The highest BCUT2D eigenvalue weighted by Gasteiger charge is 2.49. The van der Waals surface area contributed by atoms with Gasteiger partial charge in [0.15, 0.2) is 0 Å². The van der Waals surface area contributed by atoms with Crippen LogP contribution in [0.15, 0.2) is 49.1 Å². The number of aromatic nitrogens is 2. The minimum Gasteiger partial charge on any atom is -0.338 e. The van der Waals surface area contributed by atoms with E-state index in [1.54, 1.807) is 36.9 Å². The number of pyridine rings is 2. The summed E-state index contributed by atoms with van der Waals surface area (Å²) in [5.41, 5.74) is 1.30. The average molecular weight is 350 g/mol. The molecular formula is C20H22N4O2. The van der Waals surface area contributed by atoms with Gasteiger partial charge in [-0.25, -0.2) is 0 Å². The molecule has 2 aromatic rings. The fourth-order valence-corrected chi connectivity index (χ4v) is 4.11. The van der Waals surface area contributed by atoms with Crippen LogP contribution in [0.3, 0.4) is 0 Å². The maximum atomic E-state index is 13.2. The second kappa shape index (κ2) is 6.86. The summed E-state index contributed by atoms with van der Waals surface area (Å²) in [6, 6.07) is 7.35. The Hall–Kier alpha value is -2.76. The van der Waals surface area contributed by atoms with Crippen LogP contribution in [0, 0.1) is 5.41 Å². The van der Waals surface area contributed by atoms with E-state index in [2.05, 4.69) is 9.97 Å².